The Hall–Kier alpha value is -1.56. The van der Waals surface area contributed by atoms with Crippen LogP contribution in [0.5, 0.6) is 0 Å². The van der Waals surface area contributed by atoms with Crippen LogP contribution in [0.3, 0.4) is 0 Å². The zero-order chi connectivity index (χ0) is 14.6. The number of ether oxygens (including phenoxy) is 3. The van der Waals surface area contributed by atoms with E-state index in [1.54, 1.807) is 34.0 Å². The average molecular weight is 261 g/mol. The molecule has 0 aliphatic carbocycles. The van der Waals surface area contributed by atoms with Gasteiger partial charge in [-0.15, -0.1) is 6.58 Å². The Morgan fingerprint density at radius 3 is 2.11 bits per heavy atom. The first kappa shape index (κ1) is 18.8. The van der Waals surface area contributed by atoms with Crippen molar-refractivity contribution < 1.29 is 23.8 Å². The Balaban J connectivity index is 0. The third-order valence-electron chi connectivity index (χ3n) is 1.29. The summed E-state index contributed by atoms with van der Waals surface area (Å²) in [4.78, 5) is 21.5. The van der Waals surface area contributed by atoms with Crippen molar-refractivity contribution in [1.82, 2.24) is 5.32 Å². The molecule has 1 N–H and O–H groups in total. The molecule has 0 atom stereocenters. The lowest BCUT2D eigenvalue weighted by Gasteiger charge is -2.19. The number of esters is 1. The molecule has 0 heterocycles. The summed E-state index contributed by atoms with van der Waals surface area (Å²) in [5.74, 6) is -0.508. The summed E-state index contributed by atoms with van der Waals surface area (Å²) in [6.07, 6.45) is 1.08. The second-order valence-corrected chi connectivity index (χ2v) is 4.18. The highest BCUT2D eigenvalue weighted by molar-refractivity contribution is 5.77. The Morgan fingerprint density at radius 1 is 1.28 bits per heavy atom. The van der Waals surface area contributed by atoms with Crippen molar-refractivity contribution in [2.75, 3.05) is 27.4 Å². The topological polar surface area (TPSA) is 73.9 Å². The molecule has 0 spiro atoms. The van der Waals surface area contributed by atoms with E-state index in [0.717, 1.165) is 0 Å². The van der Waals surface area contributed by atoms with E-state index in [0.29, 0.717) is 6.61 Å². The van der Waals surface area contributed by atoms with Gasteiger partial charge >= 0.3 is 12.1 Å². The summed E-state index contributed by atoms with van der Waals surface area (Å²) in [6.45, 7) is 9.13. The second-order valence-electron chi connectivity index (χ2n) is 4.18. The molecule has 0 aromatic rings. The molecular formula is C12H23NO5. The van der Waals surface area contributed by atoms with Gasteiger partial charge in [0, 0.05) is 7.11 Å². The minimum Gasteiger partial charge on any atom is -0.468 e. The van der Waals surface area contributed by atoms with Crippen LogP contribution in [0.1, 0.15) is 20.8 Å². The van der Waals surface area contributed by atoms with Crippen LogP contribution in [0, 0.1) is 0 Å². The van der Waals surface area contributed by atoms with Crippen LogP contribution in [-0.4, -0.2) is 45.0 Å². The Bertz CT molecular complexity index is 258. The molecule has 0 unspecified atom stereocenters. The summed E-state index contributed by atoms with van der Waals surface area (Å²) in [6, 6.07) is 0. The summed E-state index contributed by atoms with van der Waals surface area (Å²) >= 11 is 0. The molecule has 0 radical (unpaired) electrons. The first-order valence-electron chi connectivity index (χ1n) is 5.40. The van der Waals surface area contributed by atoms with Gasteiger partial charge in [-0.1, -0.05) is 6.08 Å². The lowest BCUT2D eigenvalue weighted by Crippen LogP contribution is -2.35. The van der Waals surface area contributed by atoms with Crippen LogP contribution in [0.25, 0.3) is 0 Å². The van der Waals surface area contributed by atoms with E-state index in [2.05, 4.69) is 21.4 Å². The third-order valence-corrected chi connectivity index (χ3v) is 1.29. The van der Waals surface area contributed by atoms with Gasteiger partial charge in [0.25, 0.3) is 0 Å². The van der Waals surface area contributed by atoms with Crippen molar-refractivity contribution >= 4 is 12.1 Å². The molecular weight excluding hydrogens is 238 g/mol. The number of hydrogen-bond donors (Lipinski definition) is 1. The van der Waals surface area contributed by atoms with E-state index in [9.17, 15) is 9.59 Å². The van der Waals surface area contributed by atoms with Crippen molar-refractivity contribution in [2.24, 2.45) is 0 Å². The van der Waals surface area contributed by atoms with Gasteiger partial charge in [-0.25, -0.2) is 4.79 Å². The normalized spacial score (nSPS) is 9.61. The quantitative estimate of drug-likeness (QED) is 0.613. The van der Waals surface area contributed by atoms with Gasteiger partial charge in [-0.05, 0) is 20.8 Å². The van der Waals surface area contributed by atoms with Crippen molar-refractivity contribution in [3.8, 4) is 0 Å². The zero-order valence-corrected chi connectivity index (χ0v) is 11.7. The molecule has 0 saturated carbocycles. The Kier molecular flexibility index (Phi) is 11.1. The molecule has 0 aliphatic heterocycles. The Labute approximate surface area is 108 Å². The first-order valence-corrected chi connectivity index (χ1v) is 5.40. The largest absolute Gasteiger partial charge is 0.468 e. The monoisotopic (exact) mass is 261 g/mol. The summed E-state index contributed by atoms with van der Waals surface area (Å²) in [5, 5.41) is 2.25. The summed E-state index contributed by atoms with van der Waals surface area (Å²) in [7, 11) is 2.89. The van der Waals surface area contributed by atoms with E-state index in [4.69, 9.17) is 4.74 Å². The lowest BCUT2D eigenvalue weighted by molar-refractivity contribution is -0.139. The van der Waals surface area contributed by atoms with Gasteiger partial charge < -0.3 is 19.5 Å². The number of amides is 1. The van der Waals surface area contributed by atoms with Crippen LogP contribution in [0.15, 0.2) is 12.7 Å². The summed E-state index contributed by atoms with van der Waals surface area (Å²) in [5.41, 5.74) is -0.555. The van der Waals surface area contributed by atoms with Gasteiger partial charge in [0.05, 0.1) is 13.7 Å². The third kappa shape index (κ3) is 16.9. The van der Waals surface area contributed by atoms with E-state index in [1.165, 1.54) is 7.11 Å². The number of carbonyl (C=O) groups excluding carboxylic acids is 2. The molecule has 6 nitrogen and oxygen atoms in total. The van der Waals surface area contributed by atoms with Gasteiger partial charge in [-0.3, -0.25) is 4.79 Å². The molecule has 0 aromatic heterocycles. The molecule has 0 fully saturated rings. The van der Waals surface area contributed by atoms with Crippen molar-refractivity contribution in [2.45, 2.75) is 26.4 Å². The maximum Gasteiger partial charge on any atom is 0.408 e. The summed E-state index contributed by atoms with van der Waals surface area (Å²) < 4.78 is 13.8. The van der Waals surface area contributed by atoms with Crippen LogP contribution in [0.4, 0.5) is 4.79 Å². The van der Waals surface area contributed by atoms with E-state index in [-0.39, 0.29) is 6.54 Å². The van der Waals surface area contributed by atoms with Crippen molar-refractivity contribution in [1.29, 1.82) is 0 Å². The number of alkyl carbamates (subject to hydrolysis) is 1. The number of rotatable bonds is 4. The fraction of sp³-hybridized carbons (Fsp3) is 0.667. The van der Waals surface area contributed by atoms with Gasteiger partial charge in [0.1, 0.15) is 12.1 Å². The van der Waals surface area contributed by atoms with E-state index in [1.807, 2.05) is 0 Å². The van der Waals surface area contributed by atoms with Crippen LogP contribution < -0.4 is 5.32 Å². The SMILES string of the molecule is C=CCOC.COC(=O)CNC(=O)OC(C)(C)C. The predicted molar refractivity (Wildman–Crippen MR) is 68.3 cm³/mol. The van der Waals surface area contributed by atoms with Crippen LogP contribution >= 0.6 is 0 Å². The number of carbonyl (C=O) groups is 2. The van der Waals surface area contributed by atoms with Gasteiger partial charge in [0.15, 0.2) is 0 Å². The average Bonchev–Trinajstić information content (AvgIpc) is 2.25. The highest BCUT2D eigenvalue weighted by Gasteiger charge is 2.16. The standard InChI is InChI=1S/C8H15NO4.C4H8O/c1-8(2,3)13-7(11)9-5-6(10)12-4;1-3-4-5-2/h5H2,1-4H3,(H,9,11);3H,1,4H2,2H3. The maximum atomic E-state index is 10.9. The minimum atomic E-state index is -0.627. The number of hydrogen-bond acceptors (Lipinski definition) is 5. The van der Waals surface area contributed by atoms with Gasteiger partial charge in [0.2, 0.25) is 0 Å². The maximum absolute atomic E-state index is 10.9. The molecule has 0 aromatic carbocycles. The zero-order valence-electron chi connectivity index (χ0n) is 11.7. The molecule has 0 bridgehead atoms. The highest BCUT2D eigenvalue weighted by atomic mass is 16.6. The fourth-order valence-electron chi connectivity index (χ4n) is 0.649. The second kappa shape index (κ2) is 10.6. The minimum absolute atomic E-state index is 0.175. The fourth-order valence-corrected chi connectivity index (χ4v) is 0.649. The van der Waals surface area contributed by atoms with Crippen molar-refractivity contribution in [3.63, 3.8) is 0 Å². The molecule has 0 saturated heterocycles. The molecule has 6 heteroatoms. The molecule has 18 heavy (non-hydrogen) atoms. The predicted octanol–water partition coefficient (Wildman–Crippen LogP) is 1.50. The van der Waals surface area contributed by atoms with Gasteiger partial charge in [-0.2, -0.15) is 0 Å². The molecule has 106 valence electrons. The highest BCUT2D eigenvalue weighted by Crippen LogP contribution is 2.05. The van der Waals surface area contributed by atoms with E-state index < -0.39 is 17.7 Å². The number of nitrogens with one attached hydrogen (secondary N) is 1. The Morgan fingerprint density at radius 2 is 1.83 bits per heavy atom. The first-order chi connectivity index (χ1) is 8.26. The molecule has 0 rings (SSSR count). The van der Waals surface area contributed by atoms with Crippen LogP contribution in [0.2, 0.25) is 0 Å². The molecule has 1 amide bonds. The lowest BCUT2D eigenvalue weighted by atomic mass is 10.2. The smallest absolute Gasteiger partial charge is 0.408 e. The number of methoxy groups -OCH3 is 2. The van der Waals surface area contributed by atoms with Crippen molar-refractivity contribution in [3.05, 3.63) is 12.7 Å². The molecule has 0 aliphatic rings. The van der Waals surface area contributed by atoms with E-state index >= 15 is 0 Å². The van der Waals surface area contributed by atoms with Crippen LogP contribution in [-0.2, 0) is 19.0 Å².